The van der Waals surface area contributed by atoms with Crippen molar-refractivity contribution in [2.45, 2.75) is 27.3 Å². The van der Waals surface area contributed by atoms with Crippen molar-refractivity contribution in [2.75, 3.05) is 11.9 Å². The van der Waals surface area contributed by atoms with Crippen molar-refractivity contribution in [3.63, 3.8) is 0 Å². The lowest BCUT2D eigenvalue weighted by Gasteiger charge is -2.04. The minimum Gasteiger partial charge on any atom is -0.457 e. The molecule has 2 rings (SSSR count). The molecular formula is C15H17ClN4O3S. The highest BCUT2D eigenvalue weighted by Gasteiger charge is 2.22. The van der Waals surface area contributed by atoms with Gasteiger partial charge in [-0.15, -0.1) is 0 Å². The molecule has 0 aliphatic heterocycles. The standard InChI is InChI=1S/C15H17ClN4O3S/c1-5-7-23-14(22)12-9(4)17-15(24-12)18-13(21)11-10(16)8(3)19-20(11)6-2/h5H,1,6-7H2,2-4H3,(H,17,18,21). The van der Waals surface area contributed by atoms with E-state index in [2.05, 4.69) is 22.0 Å². The number of carbonyl (C=O) groups is 2. The first-order valence-electron chi connectivity index (χ1n) is 7.18. The number of anilines is 1. The van der Waals surface area contributed by atoms with E-state index in [1.54, 1.807) is 13.8 Å². The summed E-state index contributed by atoms with van der Waals surface area (Å²) < 4.78 is 6.51. The summed E-state index contributed by atoms with van der Waals surface area (Å²) in [5.41, 5.74) is 1.32. The first-order valence-corrected chi connectivity index (χ1v) is 8.38. The number of aryl methyl sites for hydroxylation is 3. The molecule has 1 amide bonds. The van der Waals surface area contributed by atoms with Gasteiger partial charge < -0.3 is 4.74 Å². The Morgan fingerprint density at radius 2 is 2.12 bits per heavy atom. The van der Waals surface area contributed by atoms with E-state index >= 15 is 0 Å². The lowest BCUT2D eigenvalue weighted by atomic mass is 10.3. The highest BCUT2D eigenvalue weighted by molar-refractivity contribution is 7.17. The van der Waals surface area contributed by atoms with Crippen molar-refractivity contribution >= 4 is 39.9 Å². The Morgan fingerprint density at radius 3 is 2.75 bits per heavy atom. The van der Waals surface area contributed by atoms with Crippen molar-refractivity contribution in [1.29, 1.82) is 0 Å². The maximum absolute atomic E-state index is 12.5. The molecule has 0 aromatic carbocycles. The van der Waals surface area contributed by atoms with Crippen molar-refractivity contribution in [3.8, 4) is 0 Å². The number of thiazole rings is 1. The number of hydrogen-bond donors (Lipinski definition) is 1. The highest BCUT2D eigenvalue weighted by atomic mass is 35.5. The summed E-state index contributed by atoms with van der Waals surface area (Å²) in [5.74, 6) is -0.930. The van der Waals surface area contributed by atoms with Gasteiger partial charge in [0.2, 0.25) is 0 Å². The van der Waals surface area contributed by atoms with E-state index in [9.17, 15) is 9.59 Å². The van der Waals surface area contributed by atoms with Crippen LogP contribution < -0.4 is 5.32 Å². The Labute approximate surface area is 148 Å². The Hall–Kier alpha value is -2.19. The Kier molecular flexibility index (Phi) is 5.74. The molecule has 0 atom stereocenters. The smallest absolute Gasteiger partial charge is 0.350 e. The second kappa shape index (κ2) is 7.59. The molecule has 0 bridgehead atoms. The third-order valence-corrected chi connectivity index (χ3v) is 4.61. The Morgan fingerprint density at radius 1 is 1.42 bits per heavy atom. The molecule has 0 aliphatic rings. The molecule has 0 unspecified atom stereocenters. The lowest BCUT2D eigenvalue weighted by molar-refractivity contribution is 0.0554. The van der Waals surface area contributed by atoms with Crippen molar-refractivity contribution < 1.29 is 14.3 Å². The highest BCUT2D eigenvalue weighted by Crippen LogP contribution is 2.26. The molecular weight excluding hydrogens is 352 g/mol. The fourth-order valence-electron chi connectivity index (χ4n) is 2.00. The van der Waals surface area contributed by atoms with Crippen LogP contribution in [0.2, 0.25) is 5.02 Å². The van der Waals surface area contributed by atoms with Crippen molar-refractivity contribution in [2.24, 2.45) is 0 Å². The summed E-state index contributed by atoms with van der Waals surface area (Å²) in [6.45, 7) is 9.37. The van der Waals surface area contributed by atoms with E-state index in [0.29, 0.717) is 33.0 Å². The number of rotatable bonds is 6. The number of hydrogen-bond acceptors (Lipinski definition) is 6. The molecule has 7 nitrogen and oxygen atoms in total. The van der Waals surface area contributed by atoms with E-state index in [1.165, 1.54) is 10.8 Å². The number of carbonyl (C=O) groups excluding carboxylic acids is 2. The molecule has 2 aromatic rings. The van der Waals surface area contributed by atoms with Gasteiger partial charge in [0.1, 0.15) is 17.2 Å². The zero-order chi connectivity index (χ0) is 17.9. The zero-order valence-corrected chi connectivity index (χ0v) is 15.1. The van der Waals surface area contributed by atoms with E-state index in [4.69, 9.17) is 16.3 Å². The quantitative estimate of drug-likeness (QED) is 0.625. The number of ether oxygens (including phenoxy) is 1. The van der Waals surface area contributed by atoms with E-state index in [-0.39, 0.29) is 12.3 Å². The van der Waals surface area contributed by atoms with Gasteiger partial charge in [-0.25, -0.2) is 9.78 Å². The van der Waals surface area contributed by atoms with Crippen LogP contribution in [0.4, 0.5) is 5.13 Å². The third-order valence-electron chi connectivity index (χ3n) is 3.10. The van der Waals surface area contributed by atoms with Gasteiger partial charge in [-0.1, -0.05) is 35.6 Å². The summed E-state index contributed by atoms with van der Waals surface area (Å²) in [4.78, 5) is 28.9. The maximum Gasteiger partial charge on any atom is 0.350 e. The van der Waals surface area contributed by atoms with E-state index < -0.39 is 11.9 Å². The van der Waals surface area contributed by atoms with Crippen LogP contribution in [0, 0.1) is 13.8 Å². The van der Waals surface area contributed by atoms with Crippen LogP contribution in [-0.2, 0) is 11.3 Å². The topological polar surface area (TPSA) is 86.1 Å². The SMILES string of the molecule is C=CCOC(=O)c1sc(NC(=O)c2c(Cl)c(C)nn2CC)nc1C. The van der Waals surface area contributed by atoms with E-state index in [0.717, 1.165) is 11.3 Å². The average molecular weight is 369 g/mol. The Balaban J connectivity index is 2.21. The van der Waals surface area contributed by atoms with Crippen molar-refractivity contribution in [3.05, 3.63) is 39.6 Å². The van der Waals surface area contributed by atoms with Gasteiger partial charge in [-0.3, -0.25) is 14.8 Å². The summed E-state index contributed by atoms with van der Waals surface area (Å²) in [7, 11) is 0. The van der Waals surface area contributed by atoms with Gasteiger partial charge in [-0.2, -0.15) is 5.10 Å². The average Bonchev–Trinajstić information content (AvgIpc) is 3.05. The van der Waals surface area contributed by atoms with Gasteiger partial charge in [-0.05, 0) is 20.8 Å². The molecule has 0 saturated heterocycles. The molecule has 0 saturated carbocycles. The van der Waals surface area contributed by atoms with Gasteiger partial charge >= 0.3 is 5.97 Å². The molecule has 0 aliphatic carbocycles. The van der Waals surface area contributed by atoms with Gasteiger partial charge in [0.05, 0.1) is 16.4 Å². The van der Waals surface area contributed by atoms with Crippen LogP contribution in [0.5, 0.6) is 0 Å². The number of nitrogens with one attached hydrogen (secondary N) is 1. The van der Waals surface area contributed by atoms with Gasteiger partial charge in [0.15, 0.2) is 5.13 Å². The molecule has 9 heteroatoms. The fraction of sp³-hybridized carbons (Fsp3) is 0.333. The van der Waals surface area contributed by atoms with E-state index in [1.807, 2.05) is 6.92 Å². The number of nitrogens with zero attached hydrogens (tertiary/aromatic N) is 3. The van der Waals surface area contributed by atoms with Crippen LogP contribution in [0.1, 0.15) is 38.5 Å². The minimum atomic E-state index is -0.502. The number of amides is 1. The van der Waals surface area contributed by atoms with Crippen molar-refractivity contribution in [1.82, 2.24) is 14.8 Å². The fourth-order valence-corrected chi connectivity index (χ4v) is 3.08. The summed E-state index contributed by atoms with van der Waals surface area (Å²) in [6, 6.07) is 0. The molecule has 2 aromatic heterocycles. The summed E-state index contributed by atoms with van der Waals surface area (Å²) in [5, 5.41) is 7.45. The lowest BCUT2D eigenvalue weighted by Crippen LogP contribution is -2.17. The first-order chi connectivity index (χ1) is 11.4. The van der Waals surface area contributed by atoms with Crippen LogP contribution in [0.15, 0.2) is 12.7 Å². The molecule has 0 fully saturated rings. The summed E-state index contributed by atoms with van der Waals surface area (Å²) in [6.07, 6.45) is 1.48. The Bertz CT molecular complexity index is 797. The maximum atomic E-state index is 12.5. The molecule has 2 heterocycles. The molecule has 1 N–H and O–H groups in total. The normalized spacial score (nSPS) is 10.5. The molecule has 0 spiro atoms. The number of esters is 1. The number of halogens is 1. The zero-order valence-electron chi connectivity index (χ0n) is 13.6. The minimum absolute atomic E-state index is 0.114. The molecule has 24 heavy (non-hydrogen) atoms. The molecule has 128 valence electrons. The molecule has 0 radical (unpaired) electrons. The predicted octanol–water partition coefficient (Wildman–Crippen LogP) is 3.22. The van der Waals surface area contributed by atoms with Crippen LogP contribution >= 0.6 is 22.9 Å². The second-order valence-corrected chi connectivity index (χ2v) is 6.22. The van der Waals surface area contributed by atoms with Crippen LogP contribution in [0.3, 0.4) is 0 Å². The predicted molar refractivity (Wildman–Crippen MR) is 92.9 cm³/mol. The third kappa shape index (κ3) is 3.65. The largest absolute Gasteiger partial charge is 0.457 e. The summed E-state index contributed by atoms with van der Waals surface area (Å²) >= 11 is 7.20. The monoisotopic (exact) mass is 368 g/mol. The second-order valence-electron chi connectivity index (χ2n) is 4.84. The van der Waals surface area contributed by atoms with Crippen LogP contribution in [0.25, 0.3) is 0 Å². The number of aromatic nitrogens is 3. The van der Waals surface area contributed by atoms with Crippen LogP contribution in [-0.4, -0.2) is 33.2 Å². The van der Waals surface area contributed by atoms with Gasteiger partial charge in [0, 0.05) is 6.54 Å². The van der Waals surface area contributed by atoms with Gasteiger partial charge in [0.25, 0.3) is 5.91 Å². The first kappa shape index (κ1) is 18.2.